The number of hydrogen-bond acceptors (Lipinski definition) is 6. The summed E-state index contributed by atoms with van der Waals surface area (Å²) in [4.78, 5) is 35.1. The lowest BCUT2D eigenvalue weighted by molar-refractivity contribution is -0.139. The number of rotatable bonds is 10. The molecular weight excluding hydrogens is 400 g/mol. The number of aliphatic carboxylic acids is 1. The molecule has 0 unspecified atom stereocenters. The van der Waals surface area contributed by atoms with Crippen LogP contribution in [0.4, 0.5) is 0 Å². The fourth-order valence-electron chi connectivity index (χ4n) is 2.47. The van der Waals surface area contributed by atoms with Crippen molar-refractivity contribution >= 4 is 24.0 Å². The van der Waals surface area contributed by atoms with E-state index in [9.17, 15) is 19.5 Å². The van der Waals surface area contributed by atoms with E-state index in [1.165, 1.54) is 13.0 Å². The van der Waals surface area contributed by atoms with E-state index in [1.807, 2.05) is 6.92 Å². The van der Waals surface area contributed by atoms with Gasteiger partial charge in [0.25, 0.3) is 0 Å². The van der Waals surface area contributed by atoms with Gasteiger partial charge in [-0.2, -0.15) is 0 Å². The second-order valence-corrected chi connectivity index (χ2v) is 6.56. The maximum Gasteiger partial charge on any atom is 0.343 e. The van der Waals surface area contributed by atoms with Gasteiger partial charge in [0.2, 0.25) is 0 Å². The quantitative estimate of drug-likeness (QED) is 0.345. The SMILES string of the molecule is C=C(C)C(=O)OCCC(=Cc1ccc(OC(=O)c2ccc(OCC)cc2)cc1)C(=O)O. The van der Waals surface area contributed by atoms with Crippen molar-refractivity contribution in [1.29, 1.82) is 0 Å². The largest absolute Gasteiger partial charge is 0.494 e. The Hall–Kier alpha value is -3.87. The zero-order valence-electron chi connectivity index (χ0n) is 17.4. The molecule has 0 bridgehead atoms. The maximum atomic E-state index is 12.3. The molecule has 1 N–H and O–H groups in total. The molecule has 0 aliphatic carbocycles. The van der Waals surface area contributed by atoms with Gasteiger partial charge < -0.3 is 19.3 Å². The van der Waals surface area contributed by atoms with E-state index >= 15 is 0 Å². The molecule has 7 heteroatoms. The van der Waals surface area contributed by atoms with E-state index < -0.39 is 17.9 Å². The van der Waals surface area contributed by atoms with Crippen LogP contribution in [0.1, 0.15) is 36.2 Å². The van der Waals surface area contributed by atoms with Crippen molar-refractivity contribution < 1.29 is 33.7 Å². The summed E-state index contributed by atoms with van der Waals surface area (Å²) in [5, 5.41) is 9.36. The van der Waals surface area contributed by atoms with E-state index in [-0.39, 0.29) is 24.2 Å². The lowest BCUT2D eigenvalue weighted by atomic mass is 10.1. The molecular formula is C24H24O7. The zero-order chi connectivity index (χ0) is 22.8. The van der Waals surface area contributed by atoms with Crippen LogP contribution in [0.3, 0.4) is 0 Å². The summed E-state index contributed by atoms with van der Waals surface area (Å²) in [5.74, 6) is -1.21. The molecule has 2 aromatic carbocycles. The fraction of sp³-hybridized carbons (Fsp3) is 0.208. The summed E-state index contributed by atoms with van der Waals surface area (Å²) >= 11 is 0. The average molecular weight is 424 g/mol. The molecule has 0 aliphatic rings. The Morgan fingerprint density at radius 1 is 1.00 bits per heavy atom. The first-order valence-electron chi connectivity index (χ1n) is 9.61. The third-order valence-electron chi connectivity index (χ3n) is 4.06. The number of carboxylic acids is 1. The summed E-state index contributed by atoms with van der Waals surface area (Å²) in [6.07, 6.45) is 1.51. The van der Waals surface area contributed by atoms with Crippen molar-refractivity contribution in [2.75, 3.05) is 13.2 Å². The van der Waals surface area contributed by atoms with Gasteiger partial charge in [0, 0.05) is 17.6 Å². The Morgan fingerprint density at radius 2 is 1.61 bits per heavy atom. The highest BCUT2D eigenvalue weighted by Gasteiger charge is 2.11. The number of carboxylic acid groups (broad SMARTS) is 1. The molecule has 31 heavy (non-hydrogen) atoms. The second kappa shape index (κ2) is 11.3. The average Bonchev–Trinajstić information content (AvgIpc) is 2.74. The van der Waals surface area contributed by atoms with Gasteiger partial charge in [0.15, 0.2) is 0 Å². The highest BCUT2D eigenvalue weighted by molar-refractivity contribution is 5.93. The molecule has 2 rings (SSSR count). The molecule has 0 aromatic heterocycles. The van der Waals surface area contributed by atoms with E-state index in [2.05, 4.69) is 6.58 Å². The van der Waals surface area contributed by atoms with Crippen LogP contribution in [0.25, 0.3) is 6.08 Å². The predicted molar refractivity (Wildman–Crippen MR) is 115 cm³/mol. The number of carbonyl (C=O) groups excluding carboxylic acids is 2. The highest BCUT2D eigenvalue weighted by Crippen LogP contribution is 2.19. The van der Waals surface area contributed by atoms with E-state index in [0.717, 1.165) is 0 Å². The van der Waals surface area contributed by atoms with Gasteiger partial charge in [0.1, 0.15) is 11.5 Å². The first-order valence-corrected chi connectivity index (χ1v) is 9.61. The highest BCUT2D eigenvalue weighted by atomic mass is 16.5. The summed E-state index contributed by atoms with van der Waals surface area (Å²) in [7, 11) is 0. The van der Waals surface area contributed by atoms with Crippen LogP contribution in [-0.2, 0) is 14.3 Å². The van der Waals surface area contributed by atoms with E-state index in [1.54, 1.807) is 48.5 Å². The van der Waals surface area contributed by atoms with Crippen LogP contribution in [-0.4, -0.2) is 36.2 Å². The normalized spacial score (nSPS) is 10.8. The molecule has 0 atom stereocenters. The monoisotopic (exact) mass is 424 g/mol. The Morgan fingerprint density at radius 3 is 2.16 bits per heavy atom. The second-order valence-electron chi connectivity index (χ2n) is 6.56. The standard InChI is InChI=1S/C24H24O7/c1-4-29-20-11-7-18(8-12-20)24(28)31-21-9-5-17(6-10-21)15-19(22(25)26)13-14-30-23(27)16(2)3/h5-12,15H,2,4,13-14H2,1,3H3,(H,25,26). The summed E-state index contributed by atoms with van der Waals surface area (Å²) < 4.78 is 15.6. The van der Waals surface area contributed by atoms with Gasteiger partial charge in [-0.1, -0.05) is 18.7 Å². The Labute approximate surface area is 180 Å². The Kier molecular flexibility index (Phi) is 8.57. The molecule has 0 saturated heterocycles. The molecule has 0 radical (unpaired) electrons. The zero-order valence-corrected chi connectivity index (χ0v) is 17.4. The molecule has 2 aromatic rings. The first-order chi connectivity index (χ1) is 14.8. The minimum absolute atomic E-state index is 0.0445. The minimum atomic E-state index is -1.11. The van der Waals surface area contributed by atoms with E-state index in [4.69, 9.17) is 14.2 Å². The molecule has 0 aliphatic heterocycles. The van der Waals surface area contributed by atoms with Crippen molar-refractivity contribution in [3.63, 3.8) is 0 Å². The summed E-state index contributed by atoms with van der Waals surface area (Å²) in [6, 6.07) is 13.0. The van der Waals surface area contributed by atoms with Crippen molar-refractivity contribution in [3.05, 3.63) is 77.4 Å². The first kappa shape index (κ1) is 23.4. The number of carbonyl (C=O) groups is 3. The predicted octanol–water partition coefficient (Wildman–Crippen LogP) is 4.28. The van der Waals surface area contributed by atoms with Crippen LogP contribution < -0.4 is 9.47 Å². The van der Waals surface area contributed by atoms with Crippen molar-refractivity contribution in [3.8, 4) is 11.5 Å². The molecule has 0 spiro atoms. The lowest BCUT2D eigenvalue weighted by Gasteiger charge is -2.07. The number of hydrogen-bond donors (Lipinski definition) is 1. The molecule has 0 heterocycles. The van der Waals surface area contributed by atoms with Crippen LogP contribution >= 0.6 is 0 Å². The third-order valence-corrected chi connectivity index (χ3v) is 4.06. The van der Waals surface area contributed by atoms with Crippen LogP contribution in [0.15, 0.2) is 66.3 Å². The van der Waals surface area contributed by atoms with Crippen LogP contribution in [0, 0.1) is 0 Å². The van der Waals surface area contributed by atoms with Gasteiger partial charge in [-0.15, -0.1) is 0 Å². The third kappa shape index (κ3) is 7.47. The lowest BCUT2D eigenvalue weighted by Crippen LogP contribution is -2.10. The topological polar surface area (TPSA) is 99.1 Å². The van der Waals surface area contributed by atoms with Gasteiger partial charge in [-0.05, 0) is 61.9 Å². The summed E-state index contributed by atoms with van der Waals surface area (Å²) in [5.41, 5.74) is 1.30. The maximum absolute atomic E-state index is 12.3. The van der Waals surface area contributed by atoms with Gasteiger partial charge in [-0.25, -0.2) is 14.4 Å². The Bertz CT molecular complexity index is 970. The molecule has 0 fully saturated rings. The number of benzene rings is 2. The van der Waals surface area contributed by atoms with Crippen molar-refractivity contribution in [2.45, 2.75) is 20.3 Å². The minimum Gasteiger partial charge on any atom is -0.494 e. The number of esters is 2. The van der Waals surface area contributed by atoms with Gasteiger partial charge >= 0.3 is 17.9 Å². The van der Waals surface area contributed by atoms with Gasteiger partial charge in [-0.3, -0.25) is 0 Å². The molecule has 162 valence electrons. The van der Waals surface area contributed by atoms with Crippen molar-refractivity contribution in [2.24, 2.45) is 0 Å². The van der Waals surface area contributed by atoms with Crippen LogP contribution in [0.5, 0.6) is 11.5 Å². The smallest absolute Gasteiger partial charge is 0.343 e. The fourth-order valence-corrected chi connectivity index (χ4v) is 2.47. The van der Waals surface area contributed by atoms with Crippen LogP contribution in [0.2, 0.25) is 0 Å². The molecule has 0 saturated carbocycles. The molecule has 0 amide bonds. The van der Waals surface area contributed by atoms with Crippen molar-refractivity contribution in [1.82, 2.24) is 0 Å². The number of ether oxygens (including phenoxy) is 3. The van der Waals surface area contributed by atoms with E-state index in [0.29, 0.717) is 29.2 Å². The molecule has 7 nitrogen and oxygen atoms in total. The summed E-state index contributed by atoms with van der Waals surface area (Å²) in [6.45, 7) is 7.32. The van der Waals surface area contributed by atoms with Gasteiger partial charge in [0.05, 0.1) is 18.8 Å². The Balaban J connectivity index is 2.00.